The summed E-state index contributed by atoms with van der Waals surface area (Å²) in [7, 11) is 0. The highest BCUT2D eigenvalue weighted by Gasteiger charge is 2.58. The third-order valence-corrected chi connectivity index (χ3v) is 6.87. The predicted octanol–water partition coefficient (Wildman–Crippen LogP) is 2.16. The molecule has 1 spiro atoms. The zero-order chi connectivity index (χ0) is 27.1. The molecular weight excluding hydrogens is 507 g/mol. The fourth-order valence-corrected chi connectivity index (χ4v) is 4.49. The van der Waals surface area contributed by atoms with Gasteiger partial charge >= 0.3 is 18.2 Å². The molecule has 204 valence electrons. The van der Waals surface area contributed by atoms with Gasteiger partial charge in [-0.3, -0.25) is 23.9 Å². The molecule has 3 aliphatic rings. The number of rotatable bonds is 10. The number of halogens is 7. The highest BCUT2D eigenvalue weighted by atomic mass is 19.4. The maximum absolute atomic E-state index is 13.8. The maximum atomic E-state index is 13.8. The zero-order valence-corrected chi connectivity index (χ0v) is 19.2. The molecule has 36 heavy (non-hydrogen) atoms. The number of amides is 3. The first-order valence-electron chi connectivity index (χ1n) is 11.3. The van der Waals surface area contributed by atoms with Gasteiger partial charge in [0.2, 0.25) is 17.7 Å². The fourth-order valence-electron chi connectivity index (χ4n) is 4.49. The van der Waals surface area contributed by atoms with Crippen molar-refractivity contribution >= 4 is 23.5 Å². The highest BCUT2D eigenvalue weighted by Crippen LogP contribution is 2.55. The minimum absolute atomic E-state index is 0.0164. The van der Waals surface area contributed by atoms with E-state index in [2.05, 4.69) is 15.4 Å². The largest absolute Gasteiger partial charge is 0.522 e. The second-order valence-electron chi connectivity index (χ2n) is 9.79. The number of carbonyl (C=O) groups is 4. The number of likely N-dealkylation sites (tertiary alicyclic amines) is 1. The first-order valence-corrected chi connectivity index (χ1v) is 11.3. The van der Waals surface area contributed by atoms with Crippen molar-refractivity contribution in [3.8, 4) is 0 Å². The summed E-state index contributed by atoms with van der Waals surface area (Å²) in [5.41, 5.74) is -0.550. The summed E-state index contributed by atoms with van der Waals surface area (Å²) in [5.74, 6) is -14.0. The van der Waals surface area contributed by atoms with Crippen LogP contribution in [0.25, 0.3) is 0 Å². The van der Waals surface area contributed by atoms with Crippen LogP contribution >= 0.6 is 0 Å². The number of hydrogen-bond donors (Lipinski definition) is 2. The lowest BCUT2D eigenvalue weighted by atomic mass is 9.95. The van der Waals surface area contributed by atoms with Gasteiger partial charge in [0.1, 0.15) is 12.6 Å². The summed E-state index contributed by atoms with van der Waals surface area (Å²) in [6.45, 7) is -1.34. The van der Waals surface area contributed by atoms with Crippen molar-refractivity contribution < 1.29 is 54.6 Å². The van der Waals surface area contributed by atoms with Crippen molar-refractivity contribution in [2.45, 2.75) is 75.7 Å². The SMILES string of the molecule is CC(F)(F)C(F)(F)CC(=O)N1CC2(CC2)C[C@H]1C(=O)N[C@@H](C[C@@H]1CCNC1=O)C(=O)COC(F)(F)F. The molecule has 15 heteroatoms. The van der Waals surface area contributed by atoms with Crippen LogP contribution in [-0.2, 0) is 23.9 Å². The van der Waals surface area contributed by atoms with Gasteiger partial charge in [-0.2, -0.15) is 8.78 Å². The Morgan fingerprint density at radius 3 is 2.31 bits per heavy atom. The van der Waals surface area contributed by atoms with E-state index in [0.29, 0.717) is 12.8 Å². The van der Waals surface area contributed by atoms with E-state index in [1.807, 2.05) is 0 Å². The van der Waals surface area contributed by atoms with Crippen LogP contribution in [0.3, 0.4) is 0 Å². The second-order valence-corrected chi connectivity index (χ2v) is 9.79. The third-order valence-electron chi connectivity index (χ3n) is 6.87. The Balaban J connectivity index is 1.75. The molecule has 2 saturated heterocycles. The summed E-state index contributed by atoms with van der Waals surface area (Å²) in [5, 5.41) is 4.73. The summed E-state index contributed by atoms with van der Waals surface area (Å²) in [6, 6.07) is -2.99. The minimum Gasteiger partial charge on any atom is -0.356 e. The third kappa shape index (κ3) is 6.65. The number of ketones is 1. The van der Waals surface area contributed by atoms with Crippen LogP contribution in [0, 0.1) is 11.3 Å². The molecule has 3 fully saturated rings. The highest BCUT2D eigenvalue weighted by molar-refractivity contribution is 5.94. The predicted molar refractivity (Wildman–Crippen MR) is 107 cm³/mol. The van der Waals surface area contributed by atoms with Crippen molar-refractivity contribution in [1.82, 2.24) is 15.5 Å². The number of hydrogen-bond acceptors (Lipinski definition) is 5. The van der Waals surface area contributed by atoms with E-state index in [1.165, 1.54) is 0 Å². The van der Waals surface area contributed by atoms with Gasteiger partial charge in [-0.1, -0.05) is 0 Å². The molecule has 2 heterocycles. The number of nitrogens with zero attached hydrogens (tertiary/aromatic N) is 1. The molecule has 2 aliphatic heterocycles. The van der Waals surface area contributed by atoms with Crippen LogP contribution in [0.5, 0.6) is 0 Å². The van der Waals surface area contributed by atoms with E-state index in [-0.39, 0.29) is 39.3 Å². The van der Waals surface area contributed by atoms with Crippen molar-refractivity contribution in [3.05, 3.63) is 0 Å². The van der Waals surface area contributed by atoms with Crippen LogP contribution in [0.15, 0.2) is 0 Å². The Morgan fingerprint density at radius 1 is 1.17 bits per heavy atom. The quantitative estimate of drug-likeness (QED) is 0.419. The van der Waals surface area contributed by atoms with E-state index >= 15 is 0 Å². The van der Waals surface area contributed by atoms with Crippen LogP contribution in [0.4, 0.5) is 30.7 Å². The van der Waals surface area contributed by atoms with E-state index < -0.39 is 78.2 Å². The van der Waals surface area contributed by atoms with E-state index in [9.17, 15) is 49.9 Å². The Hall–Kier alpha value is -2.45. The van der Waals surface area contributed by atoms with Crippen molar-refractivity contribution in [2.75, 3.05) is 19.7 Å². The lowest BCUT2D eigenvalue weighted by Crippen LogP contribution is -2.53. The number of Topliss-reactive ketones (excluding diaryl/α,β-unsaturated/α-hetero) is 1. The van der Waals surface area contributed by atoms with Crippen LogP contribution in [-0.4, -0.2) is 78.4 Å². The van der Waals surface area contributed by atoms with E-state index in [4.69, 9.17) is 0 Å². The second kappa shape index (κ2) is 9.78. The molecule has 0 aromatic rings. The van der Waals surface area contributed by atoms with E-state index in [0.717, 1.165) is 4.90 Å². The smallest absolute Gasteiger partial charge is 0.356 e. The first-order chi connectivity index (χ1) is 16.4. The van der Waals surface area contributed by atoms with Gasteiger partial charge in [0, 0.05) is 25.9 Å². The zero-order valence-electron chi connectivity index (χ0n) is 19.2. The average Bonchev–Trinajstić information content (AvgIpc) is 3.19. The fraction of sp³-hybridized carbons (Fsp3) is 0.810. The molecule has 0 unspecified atom stereocenters. The lowest BCUT2D eigenvalue weighted by molar-refractivity contribution is -0.321. The number of ether oxygens (including phenoxy) is 1. The molecule has 8 nitrogen and oxygen atoms in total. The number of nitrogens with one attached hydrogen (secondary N) is 2. The topological polar surface area (TPSA) is 105 Å². The van der Waals surface area contributed by atoms with Crippen molar-refractivity contribution in [1.29, 1.82) is 0 Å². The minimum atomic E-state index is -5.13. The van der Waals surface area contributed by atoms with Crippen molar-refractivity contribution in [3.63, 3.8) is 0 Å². The Labute approximate surface area is 201 Å². The van der Waals surface area contributed by atoms with Crippen LogP contribution < -0.4 is 10.6 Å². The summed E-state index contributed by atoms with van der Waals surface area (Å²) in [4.78, 5) is 50.7. The van der Waals surface area contributed by atoms with Gasteiger partial charge in [-0.05, 0) is 37.5 Å². The molecule has 0 radical (unpaired) electrons. The van der Waals surface area contributed by atoms with Gasteiger partial charge in [-0.15, -0.1) is 13.2 Å². The summed E-state index contributed by atoms with van der Waals surface area (Å²) < 4.78 is 95.0. The molecule has 1 aliphatic carbocycles. The maximum Gasteiger partial charge on any atom is 0.522 e. The lowest BCUT2D eigenvalue weighted by Gasteiger charge is -2.29. The Bertz CT molecular complexity index is 901. The number of alkyl halides is 7. The van der Waals surface area contributed by atoms with Gasteiger partial charge in [-0.25, -0.2) is 8.78 Å². The monoisotopic (exact) mass is 533 g/mol. The first kappa shape index (κ1) is 28.1. The summed E-state index contributed by atoms with van der Waals surface area (Å²) in [6.07, 6.45) is -5.92. The molecule has 3 amide bonds. The average molecular weight is 533 g/mol. The molecule has 0 aromatic heterocycles. The molecule has 0 bridgehead atoms. The summed E-state index contributed by atoms with van der Waals surface area (Å²) >= 11 is 0. The molecule has 3 atom stereocenters. The molecule has 0 aromatic carbocycles. The van der Waals surface area contributed by atoms with Crippen molar-refractivity contribution in [2.24, 2.45) is 11.3 Å². The normalized spacial score (nSPS) is 24.6. The molecular formula is C21H26F7N3O5. The molecule has 3 rings (SSSR count). The molecule has 2 N–H and O–H groups in total. The van der Waals surface area contributed by atoms with Gasteiger partial charge in [0.15, 0.2) is 5.78 Å². The standard InChI is InChI=1S/C21H26F7N3O5/c1-18(22,23)20(24,25)8-15(33)31-10-19(3-4-19)7-13(31)17(35)30-12(6-11-2-5-29-16(11)34)14(32)9-36-21(26,27)28/h11-13H,2-10H2,1H3,(H,29,34)(H,30,35)/t11-,12-,13-/m0/s1. The Morgan fingerprint density at radius 2 is 1.81 bits per heavy atom. The molecule has 1 saturated carbocycles. The van der Waals surface area contributed by atoms with Crippen LogP contribution in [0.1, 0.15) is 45.4 Å². The van der Waals surface area contributed by atoms with E-state index in [1.54, 1.807) is 0 Å². The Kier molecular flexibility index (Phi) is 7.64. The van der Waals surface area contributed by atoms with Gasteiger partial charge < -0.3 is 15.5 Å². The van der Waals surface area contributed by atoms with Gasteiger partial charge in [0.05, 0.1) is 12.5 Å². The number of carbonyl (C=O) groups excluding carboxylic acids is 4. The van der Waals surface area contributed by atoms with Crippen LogP contribution in [0.2, 0.25) is 0 Å². The van der Waals surface area contributed by atoms with Gasteiger partial charge in [0.25, 0.3) is 0 Å².